The summed E-state index contributed by atoms with van der Waals surface area (Å²) < 4.78 is 0. The van der Waals surface area contributed by atoms with E-state index in [4.69, 9.17) is 0 Å². The van der Waals surface area contributed by atoms with Gasteiger partial charge in [-0.2, -0.15) is 0 Å². The first kappa shape index (κ1) is 9.84. The molecule has 0 saturated heterocycles. The minimum Gasteiger partial charge on any atom is -0.381 e. The van der Waals surface area contributed by atoms with Crippen LogP contribution in [0.2, 0.25) is 0 Å². The molecule has 74 valence electrons. The maximum atomic E-state index is 3.39. The molecular weight excluding hydrogens is 181 g/mol. The second-order valence-corrected chi connectivity index (χ2v) is 3.71. The predicted octanol–water partition coefficient (Wildman–Crippen LogP) is 1.56. The van der Waals surface area contributed by atoms with E-state index >= 15 is 0 Å². The van der Waals surface area contributed by atoms with Gasteiger partial charge in [-0.15, -0.1) is 0 Å². The highest BCUT2D eigenvalue weighted by Gasteiger charge is 1.92. The van der Waals surface area contributed by atoms with Gasteiger partial charge in [-0.3, -0.25) is 0 Å². The minimum absolute atomic E-state index is 0.879. The van der Waals surface area contributed by atoms with Crippen LogP contribution in [0.1, 0.15) is 5.56 Å². The van der Waals surface area contributed by atoms with Crippen LogP contribution in [0.15, 0.2) is 54.6 Å². The Morgan fingerprint density at radius 3 is 2.20 bits per heavy atom. The van der Waals surface area contributed by atoms with Crippen LogP contribution in [0.4, 0.5) is 5.69 Å². The van der Waals surface area contributed by atoms with Crippen molar-refractivity contribution in [3.8, 4) is 0 Å². The number of anilines is 1. The molecule has 0 spiro atoms. The predicted molar refractivity (Wildman–Crippen MR) is 68.4 cm³/mol. The summed E-state index contributed by atoms with van der Waals surface area (Å²) >= 11 is 0. The average molecular weight is 195 g/mol. The lowest BCUT2D eigenvalue weighted by atomic mass is 9.96. The van der Waals surface area contributed by atoms with Crippen LogP contribution >= 0.6 is 0 Å². The van der Waals surface area contributed by atoms with Gasteiger partial charge in [0.15, 0.2) is 0 Å². The molecule has 2 aromatic rings. The molecule has 0 heterocycles. The van der Waals surface area contributed by atoms with E-state index in [2.05, 4.69) is 61.7 Å². The fourth-order valence-corrected chi connectivity index (χ4v) is 1.47. The fraction of sp³-hybridized carbons (Fsp3) is 0.0769. The molecule has 1 nitrogen and oxygen atoms in total. The summed E-state index contributed by atoms with van der Waals surface area (Å²) in [5.74, 6) is 0. The Morgan fingerprint density at radius 1 is 0.867 bits per heavy atom. The first-order valence-corrected chi connectivity index (χ1v) is 5.19. The molecule has 2 heteroatoms. The summed E-state index contributed by atoms with van der Waals surface area (Å²) in [6.45, 7) is 0.879. The highest BCUT2D eigenvalue weighted by atomic mass is 14.9. The van der Waals surface area contributed by atoms with Crippen molar-refractivity contribution in [2.45, 2.75) is 6.54 Å². The third-order valence-electron chi connectivity index (χ3n) is 2.39. The summed E-state index contributed by atoms with van der Waals surface area (Å²) in [6, 6.07) is 18.9. The van der Waals surface area contributed by atoms with Gasteiger partial charge in [0.1, 0.15) is 7.85 Å². The van der Waals surface area contributed by atoms with Gasteiger partial charge >= 0.3 is 0 Å². The second kappa shape index (κ2) is 4.69. The van der Waals surface area contributed by atoms with Crippen molar-refractivity contribution < 1.29 is 0 Å². The van der Waals surface area contributed by atoms with Crippen molar-refractivity contribution in [1.82, 2.24) is 0 Å². The summed E-state index contributed by atoms with van der Waals surface area (Å²) in [7, 11) is 2.10. The smallest absolute Gasteiger partial charge is 0.139 e. The maximum Gasteiger partial charge on any atom is 0.139 e. The first-order valence-electron chi connectivity index (χ1n) is 5.19. The summed E-state index contributed by atoms with van der Waals surface area (Å²) in [5, 5.41) is 3.39. The molecule has 2 aromatic carbocycles. The normalized spacial score (nSPS) is 9.87. The lowest BCUT2D eigenvalue weighted by Gasteiger charge is -2.06. The highest BCUT2D eigenvalue weighted by molar-refractivity contribution is 6.32. The van der Waals surface area contributed by atoms with Crippen LogP contribution in [0.25, 0.3) is 0 Å². The molecule has 0 fully saturated rings. The average Bonchev–Trinajstić information content (AvgIpc) is 2.30. The molecule has 0 aliphatic heterocycles. The van der Waals surface area contributed by atoms with Gasteiger partial charge < -0.3 is 5.32 Å². The molecule has 0 bridgehead atoms. The van der Waals surface area contributed by atoms with E-state index in [0.29, 0.717) is 0 Å². The molecule has 1 N–H and O–H groups in total. The van der Waals surface area contributed by atoms with Gasteiger partial charge in [-0.1, -0.05) is 47.9 Å². The largest absolute Gasteiger partial charge is 0.381 e. The van der Waals surface area contributed by atoms with Crippen molar-refractivity contribution >= 4 is 19.0 Å². The quantitative estimate of drug-likeness (QED) is 0.732. The summed E-state index contributed by atoms with van der Waals surface area (Å²) in [4.78, 5) is 0. The van der Waals surface area contributed by atoms with E-state index in [1.165, 1.54) is 16.7 Å². The zero-order valence-corrected chi connectivity index (χ0v) is 8.90. The molecule has 0 radical (unpaired) electrons. The van der Waals surface area contributed by atoms with Crippen LogP contribution in [-0.2, 0) is 6.54 Å². The zero-order valence-electron chi connectivity index (χ0n) is 8.90. The molecule has 0 atom stereocenters. The molecule has 15 heavy (non-hydrogen) atoms. The molecule has 0 aliphatic rings. The van der Waals surface area contributed by atoms with E-state index in [9.17, 15) is 0 Å². The Bertz CT molecular complexity index is 408. The molecule has 0 unspecified atom stereocenters. The van der Waals surface area contributed by atoms with E-state index in [0.717, 1.165) is 6.54 Å². The van der Waals surface area contributed by atoms with Crippen molar-refractivity contribution in [3.05, 3.63) is 60.2 Å². The summed E-state index contributed by atoms with van der Waals surface area (Å²) in [6.07, 6.45) is 0. The van der Waals surface area contributed by atoms with Crippen LogP contribution in [0, 0.1) is 0 Å². The molecular formula is C13H14BN. The van der Waals surface area contributed by atoms with Crippen LogP contribution in [0.5, 0.6) is 0 Å². The molecule has 0 aliphatic carbocycles. The first-order chi connectivity index (χ1) is 7.34. The maximum absolute atomic E-state index is 3.39. The van der Waals surface area contributed by atoms with Gasteiger partial charge in [0.25, 0.3) is 0 Å². The number of nitrogens with one attached hydrogen (secondary N) is 1. The molecule has 0 saturated carbocycles. The third kappa shape index (κ3) is 2.88. The minimum atomic E-state index is 0.879. The topological polar surface area (TPSA) is 12.0 Å². The van der Waals surface area contributed by atoms with Crippen LogP contribution in [-0.4, -0.2) is 7.85 Å². The third-order valence-corrected chi connectivity index (χ3v) is 2.39. The van der Waals surface area contributed by atoms with E-state index in [1.54, 1.807) is 0 Å². The summed E-state index contributed by atoms with van der Waals surface area (Å²) in [5.41, 5.74) is 3.77. The number of benzene rings is 2. The highest BCUT2D eigenvalue weighted by Crippen LogP contribution is 2.06. The lowest BCUT2D eigenvalue weighted by Crippen LogP contribution is -2.03. The monoisotopic (exact) mass is 195 g/mol. The van der Waals surface area contributed by atoms with Gasteiger partial charge in [0, 0.05) is 12.2 Å². The van der Waals surface area contributed by atoms with Gasteiger partial charge in [0.2, 0.25) is 0 Å². The Hall–Kier alpha value is -1.70. The number of rotatable bonds is 3. The van der Waals surface area contributed by atoms with Gasteiger partial charge in [0.05, 0.1) is 0 Å². The van der Waals surface area contributed by atoms with Crippen molar-refractivity contribution in [1.29, 1.82) is 0 Å². The Labute approximate surface area is 91.6 Å². The van der Waals surface area contributed by atoms with Crippen LogP contribution in [0.3, 0.4) is 0 Å². The van der Waals surface area contributed by atoms with Crippen molar-refractivity contribution in [2.75, 3.05) is 5.32 Å². The van der Waals surface area contributed by atoms with Gasteiger partial charge in [-0.25, -0.2) is 0 Å². The Balaban J connectivity index is 1.96. The number of hydrogen-bond donors (Lipinski definition) is 1. The molecule has 2 rings (SSSR count). The second-order valence-electron chi connectivity index (χ2n) is 3.71. The zero-order chi connectivity index (χ0) is 10.5. The number of hydrogen-bond acceptors (Lipinski definition) is 1. The van der Waals surface area contributed by atoms with E-state index in [1.807, 2.05) is 6.07 Å². The Kier molecular flexibility index (Phi) is 3.08. The van der Waals surface area contributed by atoms with Crippen LogP contribution < -0.4 is 10.8 Å². The standard InChI is InChI=1S/C13H14BN/c14-12-6-8-13(9-7-12)15-10-11-4-2-1-3-5-11/h1-9,15H,10,14H2. The SMILES string of the molecule is Bc1ccc(NCc2ccccc2)cc1. The Morgan fingerprint density at radius 2 is 1.53 bits per heavy atom. The van der Waals surface area contributed by atoms with Crippen molar-refractivity contribution in [2.24, 2.45) is 0 Å². The van der Waals surface area contributed by atoms with E-state index in [-0.39, 0.29) is 0 Å². The molecule has 0 aromatic heterocycles. The van der Waals surface area contributed by atoms with E-state index < -0.39 is 0 Å². The molecule has 0 amide bonds. The fourth-order valence-electron chi connectivity index (χ4n) is 1.47. The lowest BCUT2D eigenvalue weighted by molar-refractivity contribution is 1.15. The van der Waals surface area contributed by atoms with Crippen molar-refractivity contribution in [3.63, 3.8) is 0 Å². The van der Waals surface area contributed by atoms with Gasteiger partial charge in [-0.05, 0) is 17.7 Å².